The number of hydrogen-bond donors (Lipinski definition) is 2. The van der Waals surface area contributed by atoms with Crippen LogP contribution in [0.2, 0.25) is 0 Å². The second-order valence-electron chi connectivity index (χ2n) is 3.14. The Morgan fingerprint density at radius 1 is 1.36 bits per heavy atom. The smallest absolute Gasteiger partial charge is 0.0895 e. The maximum absolute atomic E-state index is 5.85. The number of nitrogens with two attached hydrogens (primary N) is 2. The first-order valence-electron chi connectivity index (χ1n) is 4.10. The Bertz CT molecular complexity index is 180. The normalized spacial score (nSPS) is 27.4. The highest BCUT2D eigenvalue weighted by Crippen LogP contribution is 2.21. The monoisotopic (exact) mass is 152 g/mol. The summed E-state index contributed by atoms with van der Waals surface area (Å²) >= 11 is 0. The molecule has 0 heterocycles. The average Bonchev–Trinajstić information content (AvgIpc) is 1.94. The van der Waals surface area contributed by atoms with Crippen LogP contribution in [0.15, 0.2) is 24.3 Å². The van der Waals surface area contributed by atoms with Crippen molar-refractivity contribution in [3.63, 3.8) is 0 Å². The van der Waals surface area contributed by atoms with Gasteiger partial charge in [-0.05, 0) is 12.5 Å². The summed E-state index contributed by atoms with van der Waals surface area (Å²) in [6.45, 7) is 2.14. The summed E-state index contributed by atoms with van der Waals surface area (Å²) in [6, 6.07) is 0. The van der Waals surface area contributed by atoms with E-state index in [9.17, 15) is 0 Å². The lowest BCUT2D eigenvalue weighted by atomic mass is 9.86. The zero-order valence-corrected chi connectivity index (χ0v) is 6.96. The van der Waals surface area contributed by atoms with Crippen molar-refractivity contribution in [2.75, 3.05) is 0 Å². The first-order valence-corrected chi connectivity index (χ1v) is 4.10. The molecule has 0 saturated carbocycles. The van der Waals surface area contributed by atoms with Gasteiger partial charge >= 0.3 is 0 Å². The molecule has 1 aliphatic rings. The van der Waals surface area contributed by atoms with E-state index in [-0.39, 0.29) is 0 Å². The molecule has 0 aromatic carbocycles. The van der Waals surface area contributed by atoms with Crippen LogP contribution in [0.25, 0.3) is 0 Å². The van der Waals surface area contributed by atoms with Crippen LogP contribution in [0.5, 0.6) is 0 Å². The van der Waals surface area contributed by atoms with E-state index in [1.165, 1.54) is 0 Å². The lowest BCUT2D eigenvalue weighted by Gasteiger charge is -2.30. The number of hydrogen-bond acceptors (Lipinski definition) is 2. The van der Waals surface area contributed by atoms with Gasteiger partial charge in [-0.1, -0.05) is 31.6 Å². The molecule has 1 atom stereocenters. The summed E-state index contributed by atoms with van der Waals surface area (Å²) in [6.07, 6.45) is 10.1. The van der Waals surface area contributed by atoms with Crippen molar-refractivity contribution in [1.82, 2.24) is 0 Å². The Morgan fingerprint density at radius 2 is 2.09 bits per heavy atom. The van der Waals surface area contributed by atoms with Crippen molar-refractivity contribution in [2.45, 2.75) is 25.4 Å². The van der Waals surface area contributed by atoms with Crippen LogP contribution in [0.3, 0.4) is 0 Å². The van der Waals surface area contributed by atoms with Crippen LogP contribution < -0.4 is 11.5 Å². The van der Waals surface area contributed by atoms with Crippen LogP contribution in [0.4, 0.5) is 0 Å². The predicted octanol–water partition coefficient (Wildman–Crippen LogP) is 1.14. The van der Waals surface area contributed by atoms with Gasteiger partial charge in [0.25, 0.3) is 0 Å². The van der Waals surface area contributed by atoms with Gasteiger partial charge < -0.3 is 11.5 Å². The van der Waals surface area contributed by atoms with E-state index in [2.05, 4.69) is 13.0 Å². The van der Waals surface area contributed by atoms with Crippen molar-refractivity contribution >= 4 is 0 Å². The molecule has 0 fully saturated rings. The molecule has 4 N–H and O–H groups in total. The van der Waals surface area contributed by atoms with Gasteiger partial charge in [-0.2, -0.15) is 0 Å². The minimum absolute atomic E-state index is 0.303. The fourth-order valence-electron chi connectivity index (χ4n) is 1.37. The molecule has 1 rings (SSSR count). The second-order valence-corrected chi connectivity index (χ2v) is 3.14. The molecule has 0 bridgehead atoms. The van der Waals surface area contributed by atoms with Crippen LogP contribution in [0.1, 0.15) is 19.8 Å². The van der Waals surface area contributed by atoms with Gasteiger partial charge in [0.1, 0.15) is 0 Å². The second kappa shape index (κ2) is 3.20. The van der Waals surface area contributed by atoms with E-state index in [1.807, 2.05) is 18.2 Å². The molecule has 0 aromatic heterocycles. The molecule has 11 heavy (non-hydrogen) atoms. The molecule has 1 unspecified atom stereocenters. The third-order valence-electron chi connectivity index (χ3n) is 2.08. The fourth-order valence-corrected chi connectivity index (χ4v) is 1.37. The topological polar surface area (TPSA) is 52.0 Å². The summed E-state index contributed by atoms with van der Waals surface area (Å²) in [5, 5.41) is 0. The third-order valence-corrected chi connectivity index (χ3v) is 2.08. The Kier molecular flexibility index (Phi) is 2.47. The lowest BCUT2D eigenvalue weighted by molar-refractivity contribution is 0.378. The molecule has 62 valence electrons. The van der Waals surface area contributed by atoms with E-state index in [0.717, 1.165) is 12.8 Å². The zero-order chi connectivity index (χ0) is 8.32. The van der Waals surface area contributed by atoms with Gasteiger partial charge in [-0.25, -0.2) is 0 Å². The van der Waals surface area contributed by atoms with Crippen LogP contribution in [-0.2, 0) is 0 Å². The van der Waals surface area contributed by atoms with E-state index in [0.29, 0.717) is 5.92 Å². The van der Waals surface area contributed by atoms with Crippen molar-refractivity contribution in [3.05, 3.63) is 24.3 Å². The molecule has 0 saturated heterocycles. The maximum atomic E-state index is 5.85. The van der Waals surface area contributed by atoms with Crippen LogP contribution in [0, 0.1) is 5.92 Å². The fraction of sp³-hybridized carbons (Fsp3) is 0.556. The first-order chi connectivity index (χ1) is 5.17. The maximum Gasteiger partial charge on any atom is 0.0895 e. The van der Waals surface area contributed by atoms with Crippen molar-refractivity contribution in [1.29, 1.82) is 0 Å². The Hall–Kier alpha value is -0.600. The largest absolute Gasteiger partial charge is 0.310 e. The predicted molar refractivity (Wildman–Crippen MR) is 47.8 cm³/mol. The van der Waals surface area contributed by atoms with Crippen LogP contribution >= 0.6 is 0 Å². The molecular weight excluding hydrogens is 136 g/mol. The molecule has 0 radical (unpaired) electrons. The van der Waals surface area contributed by atoms with E-state index in [1.54, 1.807) is 0 Å². The quantitative estimate of drug-likeness (QED) is 0.583. The molecule has 0 spiro atoms. The van der Waals surface area contributed by atoms with Gasteiger partial charge in [0.2, 0.25) is 0 Å². The third kappa shape index (κ3) is 1.91. The standard InChI is InChI=1S/C9H16N2/c1-2-5-8-6-3-4-7-9(8,10)11/h3-4,6-8H,2,5,10-11H2,1H3. The first kappa shape index (κ1) is 8.50. The summed E-state index contributed by atoms with van der Waals surface area (Å²) in [7, 11) is 0. The van der Waals surface area contributed by atoms with E-state index < -0.39 is 5.66 Å². The minimum atomic E-state index is -0.620. The Balaban J connectivity index is 2.64. The van der Waals surface area contributed by atoms with Gasteiger partial charge in [0, 0.05) is 5.92 Å². The lowest BCUT2D eigenvalue weighted by Crippen LogP contribution is -2.53. The molecule has 0 aliphatic heterocycles. The highest BCUT2D eigenvalue weighted by atomic mass is 15.0. The van der Waals surface area contributed by atoms with E-state index in [4.69, 9.17) is 11.5 Å². The SMILES string of the molecule is CCCC1C=CC=CC1(N)N. The molecule has 0 amide bonds. The number of rotatable bonds is 2. The molecule has 2 heteroatoms. The highest BCUT2D eigenvalue weighted by Gasteiger charge is 2.26. The molecule has 0 aromatic rings. The highest BCUT2D eigenvalue weighted by molar-refractivity contribution is 5.21. The van der Waals surface area contributed by atoms with Crippen molar-refractivity contribution < 1.29 is 0 Å². The van der Waals surface area contributed by atoms with Gasteiger partial charge in [-0.3, -0.25) is 0 Å². The zero-order valence-electron chi connectivity index (χ0n) is 6.96. The molecule has 1 aliphatic carbocycles. The molecular formula is C9H16N2. The molecule has 2 nitrogen and oxygen atoms in total. The van der Waals surface area contributed by atoms with E-state index >= 15 is 0 Å². The number of allylic oxidation sites excluding steroid dienone is 2. The average molecular weight is 152 g/mol. The Labute approximate surface area is 68.0 Å². The van der Waals surface area contributed by atoms with Gasteiger partial charge in [-0.15, -0.1) is 0 Å². The van der Waals surface area contributed by atoms with Gasteiger partial charge in [0.15, 0.2) is 0 Å². The summed E-state index contributed by atoms with van der Waals surface area (Å²) in [4.78, 5) is 0. The minimum Gasteiger partial charge on any atom is -0.310 e. The summed E-state index contributed by atoms with van der Waals surface area (Å²) in [5.74, 6) is 0.303. The Morgan fingerprint density at radius 3 is 2.64 bits per heavy atom. The van der Waals surface area contributed by atoms with Gasteiger partial charge in [0.05, 0.1) is 5.66 Å². The summed E-state index contributed by atoms with van der Waals surface area (Å²) < 4.78 is 0. The van der Waals surface area contributed by atoms with Crippen molar-refractivity contribution in [2.24, 2.45) is 17.4 Å². The van der Waals surface area contributed by atoms with Crippen LogP contribution in [-0.4, -0.2) is 5.66 Å². The van der Waals surface area contributed by atoms with Crippen molar-refractivity contribution in [3.8, 4) is 0 Å². The summed E-state index contributed by atoms with van der Waals surface area (Å²) in [5.41, 5.74) is 11.1.